The molecular weight excluding hydrogens is 309 g/mol. The summed E-state index contributed by atoms with van der Waals surface area (Å²) in [5.74, 6) is 1.64. The van der Waals surface area contributed by atoms with E-state index in [0.717, 1.165) is 0 Å². The lowest BCUT2D eigenvalue weighted by atomic mass is 10.2. The van der Waals surface area contributed by atoms with E-state index in [0.29, 0.717) is 0 Å². The van der Waals surface area contributed by atoms with Crippen molar-refractivity contribution in [3.8, 4) is 0 Å². The van der Waals surface area contributed by atoms with Gasteiger partial charge in [0.15, 0.2) is 10.1 Å². The summed E-state index contributed by atoms with van der Waals surface area (Å²) < 4.78 is 61.5. The Morgan fingerprint density at radius 3 is 2.29 bits per heavy atom. The van der Waals surface area contributed by atoms with Crippen LogP contribution in [0.5, 0.6) is 0 Å². The maximum Gasteiger partial charge on any atom is 0.485 e. The summed E-state index contributed by atoms with van der Waals surface area (Å²) in [6.45, 7) is 7.40. The highest BCUT2D eigenvalue weighted by molar-refractivity contribution is 7.86. The third-order valence-corrected chi connectivity index (χ3v) is 4.15. The molecule has 2 rings (SSSR count). The molecular formula is C12H21F3N2O3S. The smallest absolute Gasteiger partial charge is 0.485 e. The second-order valence-electron chi connectivity index (χ2n) is 5.05. The molecule has 0 aliphatic carbocycles. The monoisotopic (exact) mass is 330 g/mol. The zero-order valence-electron chi connectivity index (χ0n) is 12.0. The van der Waals surface area contributed by atoms with E-state index in [9.17, 15) is 13.2 Å². The molecule has 0 unspecified atom stereocenters. The van der Waals surface area contributed by atoms with Crippen molar-refractivity contribution in [3.63, 3.8) is 0 Å². The molecule has 0 aromatic heterocycles. The van der Waals surface area contributed by atoms with Gasteiger partial charge in [0, 0.05) is 12.8 Å². The minimum Gasteiger partial charge on any atom is -0.741 e. The molecule has 0 atom stereocenters. The molecule has 0 N–H and O–H groups in total. The second-order valence-corrected chi connectivity index (χ2v) is 6.42. The predicted molar refractivity (Wildman–Crippen MR) is 71.1 cm³/mol. The van der Waals surface area contributed by atoms with Gasteiger partial charge < -0.3 is 4.55 Å². The van der Waals surface area contributed by atoms with Crippen LogP contribution < -0.4 is 0 Å². The maximum absolute atomic E-state index is 10.7. The van der Waals surface area contributed by atoms with Crippen molar-refractivity contribution < 1.29 is 30.7 Å². The number of nitrogens with zero attached hydrogens (tertiary/aromatic N) is 2. The van der Waals surface area contributed by atoms with E-state index in [4.69, 9.17) is 13.0 Å². The quantitative estimate of drug-likeness (QED) is 0.417. The molecule has 0 bridgehead atoms. The lowest BCUT2D eigenvalue weighted by molar-refractivity contribution is -0.538. The van der Waals surface area contributed by atoms with Crippen molar-refractivity contribution in [1.82, 2.24) is 4.90 Å². The minimum absolute atomic E-state index is 1.20. The summed E-state index contributed by atoms with van der Waals surface area (Å²) in [6, 6.07) is 0. The molecule has 0 amide bonds. The highest BCUT2D eigenvalue weighted by Gasteiger charge is 2.36. The molecule has 0 aromatic carbocycles. The zero-order chi connectivity index (χ0) is 16.1. The van der Waals surface area contributed by atoms with Gasteiger partial charge in [-0.3, -0.25) is 9.48 Å². The van der Waals surface area contributed by atoms with Crippen molar-refractivity contribution in [2.45, 2.75) is 44.5 Å². The van der Waals surface area contributed by atoms with Gasteiger partial charge in [0.05, 0.1) is 26.2 Å². The number of amidine groups is 1. The molecule has 0 fully saturated rings. The molecule has 2 heterocycles. The Hall–Kier alpha value is -0.830. The van der Waals surface area contributed by atoms with Crippen molar-refractivity contribution in [2.75, 3.05) is 26.2 Å². The summed E-state index contributed by atoms with van der Waals surface area (Å²) in [7, 11) is -6.09. The van der Waals surface area contributed by atoms with E-state index < -0.39 is 15.6 Å². The van der Waals surface area contributed by atoms with Crippen LogP contribution in [-0.4, -0.2) is 60.0 Å². The van der Waals surface area contributed by atoms with E-state index >= 15 is 0 Å². The molecule has 9 heteroatoms. The topological polar surface area (TPSA) is 63.5 Å². The SMILES string of the molecule is CCN1CCC[N+]2=C1CCCCC2.O=S(=O)([O-])C(F)(F)F. The number of alkyl halides is 3. The van der Waals surface area contributed by atoms with Crippen LogP contribution in [0.4, 0.5) is 13.2 Å². The molecule has 0 saturated carbocycles. The fourth-order valence-corrected chi connectivity index (χ4v) is 2.57. The molecule has 0 aromatic rings. The average Bonchev–Trinajstić information content (AvgIpc) is 2.61. The van der Waals surface area contributed by atoms with Gasteiger partial charge >= 0.3 is 5.51 Å². The lowest BCUT2D eigenvalue weighted by Gasteiger charge is -2.25. The molecule has 5 nitrogen and oxygen atoms in total. The standard InChI is InChI=1S/C11H21N2.CHF3O3S/c1-2-12-9-6-10-13-8-5-3-4-7-11(12)13;2-1(3,4)8(5,6)7/h2-10H2,1H3;(H,5,6,7)/q+1;/p-1. The van der Waals surface area contributed by atoms with Crippen LogP contribution in [0.25, 0.3) is 0 Å². The van der Waals surface area contributed by atoms with Gasteiger partial charge in [0.25, 0.3) is 0 Å². The van der Waals surface area contributed by atoms with Gasteiger partial charge in [-0.05, 0) is 26.2 Å². The predicted octanol–water partition coefficient (Wildman–Crippen LogP) is 1.75. The summed E-state index contributed by atoms with van der Waals surface area (Å²) in [6.07, 6.45) is 6.92. The molecule has 124 valence electrons. The van der Waals surface area contributed by atoms with Gasteiger partial charge in [-0.1, -0.05) is 0 Å². The first-order chi connectivity index (χ1) is 9.67. The van der Waals surface area contributed by atoms with Crippen LogP contribution in [0.2, 0.25) is 0 Å². The first-order valence-electron chi connectivity index (χ1n) is 7.04. The highest BCUT2D eigenvalue weighted by Crippen LogP contribution is 2.20. The molecule has 2 aliphatic heterocycles. The average molecular weight is 330 g/mol. The first-order valence-corrected chi connectivity index (χ1v) is 8.45. The summed E-state index contributed by atoms with van der Waals surface area (Å²) in [5.41, 5.74) is -5.65. The van der Waals surface area contributed by atoms with Crippen molar-refractivity contribution >= 4 is 16.0 Å². The highest BCUT2D eigenvalue weighted by atomic mass is 32.2. The van der Waals surface area contributed by atoms with Crippen LogP contribution in [0.3, 0.4) is 0 Å². The third kappa shape index (κ3) is 5.46. The van der Waals surface area contributed by atoms with Crippen molar-refractivity contribution in [1.29, 1.82) is 0 Å². The van der Waals surface area contributed by atoms with Crippen LogP contribution in [0, 0.1) is 0 Å². The zero-order valence-corrected chi connectivity index (χ0v) is 12.8. The normalized spacial score (nSPS) is 20.3. The van der Waals surface area contributed by atoms with Gasteiger partial charge in [0.1, 0.15) is 0 Å². The first kappa shape index (κ1) is 18.2. The Kier molecular flexibility index (Phi) is 6.45. The van der Waals surface area contributed by atoms with Crippen LogP contribution in [0.15, 0.2) is 0 Å². The number of hydrogen-bond donors (Lipinski definition) is 0. The third-order valence-electron chi connectivity index (χ3n) is 3.58. The minimum atomic E-state index is -6.09. The fraction of sp³-hybridized carbons (Fsp3) is 0.917. The lowest BCUT2D eigenvalue weighted by Crippen LogP contribution is -2.43. The molecule has 0 saturated heterocycles. The van der Waals surface area contributed by atoms with E-state index in [1.54, 1.807) is 5.84 Å². The number of halogens is 3. The largest absolute Gasteiger partial charge is 0.741 e. The molecule has 0 spiro atoms. The van der Waals surface area contributed by atoms with Gasteiger partial charge in [-0.2, -0.15) is 13.2 Å². The summed E-state index contributed by atoms with van der Waals surface area (Å²) in [4.78, 5) is 2.58. The number of rotatable bonds is 1. The molecule has 21 heavy (non-hydrogen) atoms. The van der Waals surface area contributed by atoms with Gasteiger partial charge in [-0.25, -0.2) is 8.42 Å². The maximum atomic E-state index is 10.7. The molecule has 2 aliphatic rings. The molecule has 0 radical (unpaired) electrons. The summed E-state index contributed by atoms with van der Waals surface area (Å²) >= 11 is 0. The van der Waals surface area contributed by atoms with Crippen LogP contribution >= 0.6 is 0 Å². The van der Waals surface area contributed by atoms with Gasteiger partial charge in [0.2, 0.25) is 5.84 Å². The Morgan fingerprint density at radius 2 is 1.76 bits per heavy atom. The van der Waals surface area contributed by atoms with E-state index in [-0.39, 0.29) is 0 Å². The van der Waals surface area contributed by atoms with Crippen LogP contribution in [-0.2, 0) is 10.1 Å². The van der Waals surface area contributed by atoms with E-state index in [1.807, 2.05) is 0 Å². The Balaban J connectivity index is 0.000000240. The Bertz CT molecular complexity index is 475. The van der Waals surface area contributed by atoms with Gasteiger partial charge in [-0.15, -0.1) is 0 Å². The fourth-order valence-electron chi connectivity index (χ4n) is 2.57. The van der Waals surface area contributed by atoms with Crippen molar-refractivity contribution in [3.05, 3.63) is 0 Å². The van der Waals surface area contributed by atoms with E-state index in [1.165, 1.54) is 58.3 Å². The van der Waals surface area contributed by atoms with E-state index in [2.05, 4.69) is 16.4 Å². The summed E-state index contributed by atoms with van der Waals surface area (Å²) in [5, 5.41) is 0. The van der Waals surface area contributed by atoms with Crippen molar-refractivity contribution in [2.24, 2.45) is 0 Å². The van der Waals surface area contributed by atoms with Crippen LogP contribution in [0.1, 0.15) is 39.0 Å². The Morgan fingerprint density at radius 1 is 1.19 bits per heavy atom. The second kappa shape index (κ2) is 7.44. The number of hydrogen-bond acceptors (Lipinski definition) is 4. The Labute approximate surface area is 123 Å².